The van der Waals surface area contributed by atoms with Gasteiger partial charge in [-0.1, -0.05) is 23.7 Å². The number of amides is 2. The molecular weight excluding hydrogens is 411 g/mol. The minimum atomic E-state index is -4.65. The zero-order valence-electron chi connectivity index (χ0n) is 15.1. The molecule has 2 amide bonds. The second-order valence-electron chi connectivity index (χ2n) is 6.11. The van der Waals surface area contributed by atoms with Gasteiger partial charge in [-0.25, -0.2) is 9.59 Å². The summed E-state index contributed by atoms with van der Waals surface area (Å²) in [7, 11) is 1.22. The molecule has 0 aromatic heterocycles. The number of carbonyl (C=O) groups excluding carboxylic acids is 2. The fourth-order valence-electron chi connectivity index (χ4n) is 2.82. The fourth-order valence-corrected chi connectivity index (χ4v) is 3.07. The van der Waals surface area contributed by atoms with Gasteiger partial charge in [0.15, 0.2) is 0 Å². The summed E-state index contributed by atoms with van der Waals surface area (Å²) in [4.78, 5) is 23.4. The van der Waals surface area contributed by atoms with Crippen LogP contribution in [0.4, 0.5) is 23.7 Å². The van der Waals surface area contributed by atoms with Crippen molar-refractivity contribution in [3.8, 4) is 0 Å². The molecule has 0 unspecified atom stereocenters. The Bertz CT molecular complexity index is 992. The lowest BCUT2D eigenvalue weighted by Gasteiger charge is -2.22. The second-order valence-corrected chi connectivity index (χ2v) is 6.52. The van der Waals surface area contributed by atoms with E-state index in [-0.39, 0.29) is 34.8 Å². The van der Waals surface area contributed by atoms with Gasteiger partial charge >= 0.3 is 18.2 Å². The van der Waals surface area contributed by atoms with E-state index >= 15 is 0 Å². The van der Waals surface area contributed by atoms with E-state index < -0.39 is 23.7 Å². The van der Waals surface area contributed by atoms with Crippen LogP contribution in [0, 0.1) is 0 Å². The predicted octanol–water partition coefficient (Wildman–Crippen LogP) is 4.25. The molecule has 1 aliphatic rings. The third-order valence-electron chi connectivity index (χ3n) is 4.23. The first-order valence-electron chi connectivity index (χ1n) is 8.38. The Kier molecular flexibility index (Phi) is 5.78. The molecule has 0 spiro atoms. The number of hydrogen-bond acceptors (Lipinski definition) is 4. The number of nitrogens with zero attached hydrogens (tertiary/aromatic N) is 2. The summed E-state index contributed by atoms with van der Waals surface area (Å²) in [5.41, 5.74) is -0.346. The third-order valence-corrected chi connectivity index (χ3v) is 4.58. The van der Waals surface area contributed by atoms with Gasteiger partial charge in [0.05, 0.1) is 30.5 Å². The Hall–Kier alpha value is -3.07. The Morgan fingerprint density at radius 1 is 1.24 bits per heavy atom. The molecular formula is C19H15ClF3N3O3. The number of esters is 1. The highest BCUT2D eigenvalue weighted by atomic mass is 35.5. The largest absolute Gasteiger partial charge is 0.465 e. The van der Waals surface area contributed by atoms with E-state index in [0.29, 0.717) is 5.56 Å². The summed E-state index contributed by atoms with van der Waals surface area (Å²) in [5.74, 6) is -0.598. The lowest BCUT2D eigenvalue weighted by atomic mass is 9.97. The lowest BCUT2D eigenvalue weighted by Crippen LogP contribution is -2.41. The Morgan fingerprint density at radius 3 is 2.59 bits per heavy atom. The molecule has 10 heteroatoms. The number of urea groups is 1. The van der Waals surface area contributed by atoms with Gasteiger partial charge < -0.3 is 10.1 Å². The van der Waals surface area contributed by atoms with E-state index in [0.717, 1.165) is 11.1 Å². The molecule has 29 heavy (non-hydrogen) atoms. The van der Waals surface area contributed by atoms with E-state index in [2.05, 4.69) is 15.2 Å². The molecule has 0 saturated heterocycles. The van der Waals surface area contributed by atoms with Gasteiger partial charge in [-0.05, 0) is 41.8 Å². The summed E-state index contributed by atoms with van der Waals surface area (Å²) in [5, 5.41) is 7.31. The average molecular weight is 426 g/mol. The molecule has 0 aliphatic carbocycles. The predicted molar refractivity (Wildman–Crippen MR) is 101 cm³/mol. The number of hydrazone groups is 1. The number of ether oxygens (including phenoxy) is 1. The Balaban J connectivity index is 1.97. The maximum Gasteiger partial charge on any atom is 0.416 e. The Morgan fingerprint density at radius 2 is 1.97 bits per heavy atom. The molecule has 0 radical (unpaired) electrons. The van der Waals surface area contributed by atoms with Gasteiger partial charge in [-0.15, -0.1) is 0 Å². The van der Waals surface area contributed by atoms with Crippen LogP contribution in [0.1, 0.15) is 27.0 Å². The van der Waals surface area contributed by atoms with Gasteiger partial charge in [-0.3, -0.25) is 0 Å². The van der Waals surface area contributed by atoms with Crippen LogP contribution >= 0.6 is 11.6 Å². The first-order valence-corrected chi connectivity index (χ1v) is 8.75. The summed E-state index contributed by atoms with van der Waals surface area (Å²) in [6.07, 6.45) is -3.39. The van der Waals surface area contributed by atoms with Gasteiger partial charge in [-0.2, -0.15) is 23.3 Å². The lowest BCUT2D eigenvalue weighted by molar-refractivity contribution is -0.138. The van der Waals surface area contributed by atoms with Crippen LogP contribution in [0.2, 0.25) is 5.02 Å². The van der Waals surface area contributed by atoms with E-state index in [9.17, 15) is 22.8 Å². The van der Waals surface area contributed by atoms with Crippen molar-refractivity contribution >= 4 is 35.5 Å². The number of rotatable bonds is 4. The monoisotopic (exact) mass is 425 g/mol. The van der Waals surface area contributed by atoms with E-state index in [1.807, 2.05) is 0 Å². The van der Waals surface area contributed by atoms with Crippen LogP contribution in [0.5, 0.6) is 0 Å². The zero-order valence-corrected chi connectivity index (χ0v) is 15.8. The number of hydrogen-bond donors (Lipinski definition) is 1. The van der Waals surface area contributed by atoms with Gasteiger partial charge in [0, 0.05) is 11.2 Å². The van der Waals surface area contributed by atoms with E-state index in [1.54, 1.807) is 0 Å². The maximum atomic E-state index is 13.7. The maximum absolute atomic E-state index is 13.7. The summed E-state index contributed by atoms with van der Waals surface area (Å²) >= 11 is 6.15. The fraction of sp³-hybridized carbons (Fsp3) is 0.211. The number of nitrogens with one attached hydrogen (secondary N) is 1. The van der Waals surface area contributed by atoms with Crippen LogP contribution in [0.3, 0.4) is 0 Å². The van der Waals surface area contributed by atoms with Crippen molar-refractivity contribution in [3.63, 3.8) is 0 Å². The van der Waals surface area contributed by atoms with Gasteiger partial charge in [0.2, 0.25) is 0 Å². The molecule has 0 bridgehead atoms. The molecule has 2 aromatic rings. The van der Waals surface area contributed by atoms with Crippen LogP contribution in [0.25, 0.3) is 0 Å². The normalized spacial score (nSPS) is 14.0. The summed E-state index contributed by atoms with van der Waals surface area (Å²) in [6, 6.07) is 7.16. The van der Waals surface area contributed by atoms with Crippen molar-refractivity contribution in [2.75, 3.05) is 18.7 Å². The molecule has 0 fully saturated rings. The van der Waals surface area contributed by atoms with Crippen molar-refractivity contribution < 1.29 is 27.5 Å². The van der Waals surface area contributed by atoms with Crippen LogP contribution in [-0.2, 0) is 17.3 Å². The van der Waals surface area contributed by atoms with E-state index in [4.69, 9.17) is 11.6 Å². The molecule has 3 rings (SSSR count). The summed E-state index contributed by atoms with van der Waals surface area (Å²) < 4.78 is 45.6. The standard InChI is InChI=1S/C19H15ClF3N3O3/c1-29-17(27)13-3-2-12(16(20)9-13)8-11-4-5-14(10-15(11)19(21,22)23)26-18(28)24-6-7-25-26/h2-5,7,9-10H,6,8H2,1H3,(H,24,28). The number of methoxy groups -OCH3 is 1. The zero-order chi connectivity index (χ0) is 21.2. The molecule has 1 heterocycles. The minimum Gasteiger partial charge on any atom is -0.465 e. The van der Waals surface area contributed by atoms with Crippen molar-refractivity contribution in [2.24, 2.45) is 5.10 Å². The molecule has 1 N–H and O–H groups in total. The van der Waals surface area contributed by atoms with Crippen molar-refractivity contribution in [1.82, 2.24) is 5.32 Å². The topological polar surface area (TPSA) is 71.0 Å². The first kappa shape index (κ1) is 20.7. The van der Waals surface area contributed by atoms with Gasteiger partial charge in [0.1, 0.15) is 0 Å². The van der Waals surface area contributed by atoms with Crippen molar-refractivity contribution in [1.29, 1.82) is 0 Å². The molecule has 1 aliphatic heterocycles. The minimum absolute atomic E-state index is 0.0124. The van der Waals surface area contributed by atoms with Crippen LogP contribution in [-0.4, -0.2) is 31.9 Å². The quantitative estimate of drug-likeness (QED) is 0.744. The van der Waals surface area contributed by atoms with E-state index in [1.165, 1.54) is 43.7 Å². The smallest absolute Gasteiger partial charge is 0.416 e. The highest BCUT2D eigenvalue weighted by molar-refractivity contribution is 6.31. The highest BCUT2D eigenvalue weighted by Gasteiger charge is 2.34. The van der Waals surface area contributed by atoms with Crippen molar-refractivity contribution in [2.45, 2.75) is 12.6 Å². The molecule has 6 nitrogen and oxygen atoms in total. The molecule has 0 atom stereocenters. The Labute approximate surface area is 168 Å². The highest BCUT2D eigenvalue weighted by Crippen LogP contribution is 2.36. The molecule has 152 valence electrons. The van der Waals surface area contributed by atoms with Crippen molar-refractivity contribution in [3.05, 3.63) is 63.7 Å². The number of benzene rings is 2. The van der Waals surface area contributed by atoms with Crippen LogP contribution < -0.4 is 10.3 Å². The number of carbonyl (C=O) groups is 2. The summed E-state index contributed by atoms with van der Waals surface area (Å²) in [6.45, 7) is 0.208. The SMILES string of the molecule is COC(=O)c1ccc(Cc2ccc(N3N=CCNC3=O)cc2C(F)(F)F)c(Cl)c1. The number of alkyl halides is 3. The molecule has 2 aromatic carbocycles. The third kappa shape index (κ3) is 4.51. The molecule has 0 saturated carbocycles. The van der Waals surface area contributed by atoms with Crippen LogP contribution in [0.15, 0.2) is 41.5 Å². The second kappa shape index (κ2) is 8.12. The van der Waals surface area contributed by atoms with Gasteiger partial charge in [0.25, 0.3) is 0 Å². The number of halogens is 4. The number of anilines is 1. The first-order chi connectivity index (χ1) is 13.7. The average Bonchev–Trinajstić information content (AvgIpc) is 2.69.